The first kappa shape index (κ1) is 19.2. The van der Waals surface area contributed by atoms with Crippen LogP contribution in [0.3, 0.4) is 0 Å². The van der Waals surface area contributed by atoms with Gasteiger partial charge in [-0.15, -0.1) is 0 Å². The molecule has 2 aromatic heterocycles. The molecule has 0 aliphatic heterocycles. The summed E-state index contributed by atoms with van der Waals surface area (Å²) >= 11 is 0. The molecule has 9 rings (SSSR count). The Morgan fingerprint density at radius 3 is 1.96 bits per heavy atom. The molecule has 2 heterocycles. The summed E-state index contributed by atoms with van der Waals surface area (Å²) in [4.78, 5) is 14.7. The molecule has 45 heavy (non-hydrogen) atoms. The first-order valence-corrected chi connectivity index (χ1v) is 14.5. The van der Waals surface area contributed by atoms with Gasteiger partial charge < -0.3 is 4.42 Å². The number of hydrogen-bond donors (Lipinski definition) is 0. The van der Waals surface area contributed by atoms with E-state index in [4.69, 9.17) is 29.0 Å². The van der Waals surface area contributed by atoms with Gasteiger partial charge in [0.25, 0.3) is 0 Å². The summed E-state index contributed by atoms with van der Waals surface area (Å²) in [6.45, 7) is 0. The van der Waals surface area contributed by atoms with Gasteiger partial charge in [-0.1, -0.05) is 133 Å². The molecule has 0 amide bonds. The Balaban J connectivity index is 1.19. The van der Waals surface area contributed by atoms with Gasteiger partial charge in [0.05, 0.1) is 9.60 Å². The number of fused-ring (bicyclic) bond motifs is 6. The van der Waals surface area contributed by atoms with Crippen LogP contribution < -0.4 is 0 Å². The van der Waals surface area contributed by atoms with E-state index < -0.39 is 30.2 Å². The third kappa shape index (κ3) is 4.35. The molecule has 0 unspecified atom stereocenters. The molecule has 0 fully saturated rings. The molecule has 9 aromatic rings. The van der Waals surface area contributed by atoms with Crippen molar-refractivity contribution in [3.05, 3.63) is 151 Å². The molecule has 0 radical (unpaired) electrons. The number of para-hydroxylation sites is 1. The fourth-order valence-electron chi connectivity index (χ4n) is 5.86. The fraction of sp³-hybridized carbons (Fsp3) is 0. The molecular formula is C41H25N3O. The topological polar surface area (TPSA) is 51.8 Å². The molecule has 0 N–H and O–H groups in total. The van der Waals surface area contributed by atoms with Gasteiger partial charge in [-0.3, -0.25) is 0 Å². The monoisotopic (exact) mass is 582 g/mol. The van der Waals surface area contributed by atoms with Crippen LogP contribution in [0.1, 0.15) is 9.60 Å². The molecular weight excluding hydrogens is 550 g/mol. The molecule has 0 atom stereocenters. The van der Waals surface area contributed by atoms with E-state index in [1.807, 2.05) is 66.7 Å². The van der Waals surface area contributed by atoms with Crippen LogP contribution in [0.4, 0.5) is 0 Å². The minimum absolute atomic E-state index is 0.0376. The van der Waals surface area contributed by atoms with Gasteiger partial charge in [-0.2, -0.15) is 0 Å². The van der Waals surface area contributed by atoms with Crippen LogP contribution >= 0.6 is 0 Å². The van der Waals surface area contributed by atoms with Crippen molar-refractivity contribution in [1.29, 1.82) is 0 Å². The van der Waals surface area contributed by atoms with E-state index in [9.17, 15) is 0 Å². The fourth-order valence-corrected chi connectivity index (χ4v) is 5.86. The Bertz CT molecular complexity index is 2920. The van der Waals surface area contributed by atoms with Crippen molar-refractivity contribution < 1.29 is 14.0 Å². The number of nitrogens with zero attached hydrogens (tertiary/aromatic N) is 3. The quantitative estimate of drug-likeness (QED) is 0.207. The molecule has 210 valence electrons. The van der Waals surface area contributed by atoms with Gasteiger partial charge in [0, 0.05) is 27.5 Å². The van der Waals surface area contributed by atoms with Crippen LogP contribution in [0.2, 0.25) is 0 Å². The van der Waals surface area contributed by atoms with E-state index in [2.05, 4.69) is 18.2 Å². The van der Waals surface area contributed by atoms with E-state index in [-0.39, 0.29) is 28.4 Å². The molecule has 0 aliphatic carbocycles. The van der Waals surface area contributed by atoms with Crippen molar-refractivity contribution >= 4 is 43.5 Å². The zero-order valence-corrected chi connectivity index (χ0v) is 23.6. The standard InChI is InChI=1S/C41H25N3O/c1-2-10-28(11-3-1)39-42-40(29-19-17-27(18-20-29)33-15-8-12-26-9-4-5-13-32(26)33)44-41(43-39)31-21-23-34-30(25-31)22-24-37-38(34)35-14-6-7-16-36(35)45-37/h1-25H/i4D,5D,8D,9D,12D,13D,15D. The zero-order valence-electron chi connectivity index (χ0n) is 30.6. The minimum atomic E-state index is -0.487. The second-order valence-electron chi connectivity index (χ2n) is 10.7. The van der Waals surface area contributed by atoms with E-state index >= 15 is 0 Å². The summed E-state index contributed by atoms with van der Waals surface area (Å²) in [6.07, 6.45) is 0. The van der Waals surface area contributed by atoms with Gasteiger partial charge in [0.15, 0.2) is 17.5 Å². The predicted octanol–water partition coefficient (Wildman–Crippen LogP) is 10.7. The lowest BCUT2D eigenvalue weighted by Gasteiger charge is -2.10. The van der Waals surface area contributed by atoms with E-state index in [0.717, 1.165) is 43.8 Å². The highest BCUT2D eigenvalue weighted by molar-refractivity contribution is 6.19. The summed E-state index contributed by atoms with van der Waals surface area (Å²) in [5, 5.41) is 4.12. The summed E-state index contributed by atoms with van der Waals surface area (Å²) in [6, 6.07) is 31.9. The van der Waals surface area contributed by atoms with Crippen molar-refractivity contribution in [1.82, 2.24) is 15.0 Å². The zero-order chi connectivity index (χ0) is 35.8. The number of benzene rings is 7. The second kappa shape index (κ2) is 10.2. The lowest BCUT2D eigenvalue weighted by molar-refractivity contribution is 0.669. The van der Waals surface area contributed by atoms with Crippen molar-refractivity contribution in [2.24, 2.45) is 0 Å². The van der Waals surface area contributed by atoms with E-state index in [1.54, 1.807) is 24.3 Å². The molecule has 0 saturated carbocycles. The van der Waals surface area contributed by atoms with Crippen molar-refractivity contribution in [2.75, 3.05) is 0 Å². The second-order valence-corrected chi connectivity index (χ2v) is 10.7. The lowest BCUT2D eigenvalue weighted by atomic mass is 9.97. The van der Waals surface area contributed by atoms with Crippen LogP contribution in [-0.4, -0.2) is 15.0 Å². The average Bonchev–Trinajstić information content (AvgIpc) is 3.57. The van der Waals surface area contributed by atoms with Crippen molar-refractivity contribution in [3.8, 4) is 45.3 Å². The Labute approximate surface area is 269 Å². The highest BCUT2D eigenvalue weighted by Crippen LogP contribution is 2.36. The first-order chi connectivity index (χ1) is 25.2. The molecule has 0 aliphatic rings. The molecule has 0 saturated heterocycles. The summed E-state index contributed by atoms with van der Waals surface area (Å²) < 4.78 is 65.2. The van der Waals surface area contributed by atoms with Crippen LogP contribution in [-0.2, 0) is 0 Å². The SMILES string of the molecule is [2H]c1c([2H])c([2H])c2c(-c3ccc(-c4nc(-c5ccccc5)nc(-c5ccc6c(ccc7oc8ccccc8c76)c5)n4)cc3)c([2H])c([2H])c([2H])c2c1[2H]. The molecule has 4 nitrogen and oxygen atoms in total. The van der Waals surface area contributed by atoms with Gasteiger partial charge in [0.2, 0.25) is 0 Å². The Hall–Kier alpha value is -6.13. The maximum absolute atomic E-state index is 8.75. The largest absolute Gasteiger partial charge is 0.456 e. The summed E-state index contributed by atoms with van der Waals surface area (Å²) in [5.74, 6) is 1.38. The minimum Gasteiger partial charge on any atom is -0.456 e. The number of aromatic nitrogens is 3. The summed E-state index contributed by atoms with van der Waals surface area (Å²) in [7, 11) is 0. The molecule has 4 heteroatoms. The van der Waals surface area contributed by atoms with Crippen LogP contribution in [0.5, 0.6) is 0 Å². The first-order valence-electron chi connectivity index (χ1n) is 18.0. The highest BCUT2D eigenvalue weighted by Gasteiger charge is 2.15. The summed E-state index contributed by atoms with van der Waals surface area (Å²) in [5.41, 5.74) is 4.54. The Morgan fingerprint density at radius 1 is 0.444 bits per heavy atom. The maximum Gasteiger partial charge on any atom is 0.164 e. The van der Waals surface area contributed by atoms with Crippen LogP contribution in [0.15, 0.2) is 156 Å². The number of furan rings is 1. The van der Waals surface area contributed by atoms with Crippen molar-refractivity contribution in [2.45, 2.75) is 0 Å². The van der Waals surface area contributed by atoms with Crippen LogP contribution in [0.25, 0.3) is 88.8 Å². The third-order valence-electron chi connectivity index (χ3n) is 8.03. The van der Waals surface area contributed by atoms with E-state index in [1.165, 1.54) is 0 Å². The van der Waals surface area contributed by atoms with Gasteiger partial charge in [0.1, 0.15) is 11.2 Å². The Morgan fingerprint density at radius 2 is 1.11 bits per heavy atom. The normalized spacial score (nSPS) is 13.7. The third-order valence-corrected chi connectivity index (χ3v) is 8.03. The average molecular weight is 583 g/mol. The van der Waals surface area contributed by atoms with Gasteiger partial charge in [-0.05, 0) is 50.9 Å². The van der Waals surface area contributed by atoms with Crippen molar-refractivity contribution in [3.63, 3.8) is 0 Å². The van der Waals surface area contributed by atoms with Crippen LogP contribution in [0, 0.1) is 0 Å². The highest BCUT2D eigenvalue weighted by atomic mass is 16.3. The maximum atomic E-state index is 8.75. The molecule has 0 spiro atoms. The predicted molar refractivity (Wildman–Crippen MR) is 184 cm³/mol. The smallest absolute Gasteiger partial charge is 0.164 e. The molecule has 0 bridgehead atoms. The lowest BCUT2D eigenvalue weighted by Crippen LogP contribution is -2.00. The van der Waals surface area contributed by atoms with Gasteiger partial charge in [-0.25, -0.2) is 15.0 Å². The number of hydrogen-bond acceptors (Lipinski definition) is 4. The molecule has 7 aromatic carbocycles. The number of rotatable bonds is 4. The van der Waals surface area contributed by atoms with E-state index in [0.29, 0.717) is 28.6 Å². The Kier molecular flexibility index (Phi) is 4.38. The van der Waals surface area contributed by atoms with Gasteiger partial charge >= 0.3 is 0 Å².